The molecule has 0 aromatic heterocycles. The van der Waals surface area contributed by atoms with E-state index in [1.54, 1.807) is 0 Å². The monoisotopic (exact) mass is 194 g/mol. The maximum absolute atomic E-state index is 10.5. The molecule has 1 rings (SSSR count). The lowest BCUT2D eigenvalue weighted by Crippen LogP contribution is -2.33. The number of nitrogens with two attached hydrogens (primary N) is 2. The fourth-order valence-corrected chi connectivity index (χ4v) is 1.21. The highest BCUT2D eigenvalue weighted by molar-refractivity contribution is 5.73. The molecular weight excluding hydrogens is 180 g/mol. The van der Waals surface area contributed by atoms with E-state index >= 15 is 0 Å². The lowest BCUT2D eigenvalue weighted by molar-refractivity contribution is -0.138. The molecule has 0 saturated carbocycles. The van der Waals surface area contributed by atoms with Crippen molar-refractivity contribution in [3.8, 4) is 0 Å². The number of carboxylic acid groups (broad SMARTS) is 1. The topological polar surface area (TPSA) is 89.3 Å². The molecule has 2 atom stereocenters. The SMILES string of the molecule is N[C@@H](C[C@H](N)c1ccccc1)C(=O)O. The number of carbonyl (C=O) groups is 1. The van der Waals surface area contributed by atoms with Crippen LogP contribution in [0, 0.1) is 0 Å². The third-order valence-corrected chi connectivity index (χ3v) is 2.05. The van der Waals surface area contributed by atoms with Crippen LogP contribution >= 0.6 is 0 Å². The van der Waals surface area contributed by atoms with Gasteiger partial charge in [0.25, 0.3) is 0 Å². The van der Waals surface area contributed by atoms with Crippen LogP contribution in [0.2, 0.25) is 0 Å². The molecule has 0 spiro atoms. The predicted octanol–water partition coefficient (Wildman–Crippen LogP) is 0.488. The normalized spacial score (nSPS) is 14.7. The first-order valence-electron chi connectivity index (χ1n) is 4.40. The summed E-state index contributed by atoms with van der Waals surface area (Å²) in [6.45, 7) is 0. The molecule has 0 fully saturated rings. The minimum absolute atomic E-state index is 0.249. The summed E-state index contributed by atoms with van der Waals surface area (Å²) in [7, 11) is 0. The van der Waals surface area contributed by atoms with Crippen LogP contribution in [-0.2, 0) is 4.79 Å². The Hall–Kier alpha value is -1.39. The first-order chi connectivity index (χ1) is 6.61. The summed E-state index contributed by atoms with van der Waals surface area (Å²) in [5, 5.41) is 8.60. The molecule has 1 aromatic carbocycles. The van der Waals surface area contributed by atoms with Gasteiger partial charge in [-0.1, -0.05) is 30.3 Å². The lowest BCUT2D eigenvalue weighted by Gasteiger charge is -2.14. The molecule has 0 radical (unpaired) electrons. The van der Waals surface area contributed by atoms with Gasteiger partial charge in [0.15, 0.2) is 0 Å². The van der Waals surface area contributed by atoms with E-state index in [1.807, 2.05) is 30.3 Å². The highest BCUT2D eigenvalue weighted by Gasteiger charge is 2.16. The summed E-state index contributed by atoms with van der Waals surface area (Å²) in [6.07, 6.45) is 0.249. The van der Waals surface area contributed by atoms with Gasteiger partial charge in [0.05, 0.1) is 0 Å². The third-order valence-electron chi connectivity index (χ3n) is 2.05. The molecule has 0 aliphatic carbocycles. The quantitative estimate of drug-likeness (QED) is 0.650. The van der Waals surface area contributed by atoms with E-state index < -0.39 is 12.0 Å². The molecule has 4 nitrogen and oxygen atoms in total. The third kappa shape index (κ3) is 2.83. The van der Waals surface area contributed by atoms with Gasteiger partial charge < -0.3 is 16.6 Å². The van der Waals surface area contributed by atoms with E-state index in [4.69, 9.17) is 16.6 Å². The van der Waals surface area contributed by atoms with Crippen LogP contribution in [0.3, 0.4) is 0 Å². The molecule has 0 bridgehead atoms. The Morgan fingerprint density at radius 2 is 1.86 bits per heavy atom. The highest BCUT2D eigenvalue weighted by Crippen LogP contribution is 2.14. The molecule has 0 aliphatic heterocycles. The number of hydrogen-bond acceptors (Lipinski definition) is 3. The standard InChI is InChI=1S/C10H14N2O2/c11-8(6-9(12)10(13)14)7-4-2-1-3-5-7/h1-5,8-9H,6,11-12H2,(H,13,14)/t8-,9-/m0/s1. The van der Waals surface area contributed by atoms with Crippen molar-refractivity contribution in [1.82, 2.24) is 0 Å². The first kappa shape index (κ1) is 10.7. The number of hydrogen-bond donors (Lipinski definition) is 3. The van der Waals surface area contributed by atoms with E-state index in [0.717, 1.165) is 5.56 Å². The summed E-state index contributed by atoms with van der Waals surface area (Å²) in [5.74, 6) is -1.02. The van der Waals surface area contributed by atoms with Gasteiger partial charge in [-0.2, -0.15) is 0 Å². The Bertz CT molecular complexity index is 300. The Kier molecular flexibility index (Phi) is 3.62. The van der Waals surface area contributed by atoms with Gasteiger partial charge in [0, 0.05) is 6.04 Å². The van der Waals surface area contributed by atoms with E-state index in [9.17, 15) is 4.79 Å². The number of benzene rings is 1. The van der Waals surface area contributed by atoms with Crippen LogP contribution in [0.25, 0.3) is 0 Å². The van der Waals surface area contributed by atoms with Crippen molar-refractivity contribution in [2.45, 2.75) is 18.5 Å². The zero-order chi connectivity index (χ0) is 10.6. The zero-order valence-corrected chi connectivity index (χ0v) is 7.76. The fourth-order valence-electron chi connectivity index (χ4n) is 1.21. The summed E-state index contributed by atoms with van der Waals surface area (Å²) < 4.78 is 0. The maximum Gasteiger partial charge on any atom is 0.320 e. The van der Waals surface area contributed by atoms with E-state index in [1.165, 1.54) is 0 Å². The molecule has 76 valence electrons. The summed E-state index contributed by atoms with van der Waals surface area (Å²) >= 11 is 0. The molecule has 4 heteroatoms. The Labute approximate surface area is 82.5 Å². The predicted molar refractivity (Wildman–Crippen MR) is 53.6 cm³/mol. The molecule has 0 unspecified atom stereocenters. The van der Waals surface area contributed by atoms with Crippen molar-refractivity contribution in [2.24, 2.45) is 11.5 Å². The first-order valence-corrected chi connectivity index (χ1v) is 4.40. The van der Waals surface area contributed by atoms with E-state index in [-0.39, 0.29) is 12.5 Å². The Morgan fingerprint density at radius 3 is 2.36 bits per heavy atom. The average Bonchev–Trinajstić information content (AvgIpc) is 2.19. The van der Waals surface area contributed by atoms with Crippen molar-refractivity contribution in [2.75, 3.05) is 0 Å². The van der Waals surface area contributed by atoms with E-state index in [2.05, 4.69) is 0 Å². The summed E-state index contributed by atoms with van der Waals surface area (Å²) in [5.41, 5.74) is 12.1. The van der Waals surface area contributed by atoms with Crippen molar-refractivity contribution in [3.05, 3.63) is 35.9 Å². The minimum atomic E-state index is -1.02. The van der Waals surface area contributed by atoms with Gasteiger partial charge in [-0.25, -0.2) is 0 Å². The van der Waals surface area contributed by atoms with Crippen LogP contribution in [0.4, 0.5) is 0 Å². The van der Waals surface area contributed by atoms with Crippen LogP contribution in [0.5, 0.6) is 0 Å². The molecule has 14 heavy (non-hydrogen) atoms. The number of carboxylic acids is 1. The van der Waals surface area contributed by atoms with Gasteiger partial charge in [-0.15, -0.1) is 0 Å². The van der Waals surface area contributed by atoms with Crippen LogP contribution in [0.1, 0.15) is 18.0 Å². The van der Waals surface area contributed by atoms with Gasteiger partial charge in [0.2, 0.25) is 0 Å². The molecule has 1 aromatic rings. The molecule has 0 saturated heterocycles. The van der Waals surface area contributed by atoms with Crippen molar-refractivity contribution >= 4 is 5.97 Å². The second kappa shape index (κ2) is 4.74. The second-order valence-electron chi connectivity index (χ2n) is 3.20. The average molecular weight is 194 g/mol. The maximum atomic E-state index is 10.5. The van der Waals surface area contributed by atoms with Gasteiger partial charge >= 0.3 is 5.97 Å². The van der Waals surface area contributed by atoms with Crippen molar-refractivity contribution in [3.63, 3.8) is 0 Å². The van der Waals surface area contributed by atoms with Crippen molar-refractivity contribution in [1.29, 1.82) is 0 Å². The van der Waals surface area contributed by atoms with Gasteiger partial charge in [-0.05, 0) is 12.0 Å². The second-order valence-corrected chi connectivity index (χ2v) is 3.20. The largest absolute Gasteiger partial charge is 0.480 e. The van der Waals surface area contributed by atoms with E-state index in [0.29, 0.717) is 0 Å². The van der Waals surface area contributed by atoms with Crippen LogP contribution < -0.4 is 11.5 Å². The van der Waals surface area contributed by atoms with Gasteiger partial charge in [-0.3, -0.25) is 4.79 Å². The molecule has 5 N–H and O–H groups in total. The molecule has 0 amide bonds. The smallest absolute Gasteiger partial charge is 0.320 e. The number of rotatable bonds is 4. The molecular formula is C10H14N2O2. The van der Waals surface area contributed by atoms with Crippen LogP contribution in [-0.4, -0.2) is 17.1 Å². The van der Waals surface area contributed by atoms with Crippen molar-refractivity contribution < 1.29 is 9.90 Å². The summed E-state index contributed by atoms with van der Waals surface area (Å²) in [6, 6.07) is 8.11. The Balaban J connectivity index is 2.59. The molecule has 0 heterocycles. The Morgan fingerprint density at radius 1 is 1.29 bits per heavy atom. The van der Waals surface area contributed by atoms with Crippen LogP contribution in [0.15, 0.2) is 30.3 Å². The minimum Gasteiger partial charge on any atom is -0.480 e. The lowest BCUT2D eigenvalue weighted by atomic mass is 10.0. The summed E-state index contributed by atoms with van der Waals surface area (Å²) in [4.78, 5) is 10.5. The van der Waals surface area contributed by atoms with Gasteiger partial charge in [0.1, 0.15) is 6.04 Å². The number of aliphatic carboxylic acids is 1. The fraction of sp³-hybridized carbons (Fsp3) is 0.300. The molecule has 0 aliphatic rings. The zero-order valence-electron chi connectivity index (χ0n) is 7.76. The highest BCUT2D eigenvalue weighted by atomic mass is 16.4.